The summed E-state index contributed by atoms with van der Waals surface area (Å²) >= 11 is 0. The van der Waals surface area contributed by atoms with Crippen LogP contribution in [0, 0.1) is 5.82 Å². The molecule has 2 aromatic carbocycles. The fourth-order valence-electron chi connectivity index (χ4n) is 2.48. The highest BCUT2D eigenvalue weighted by atomic mass is 32.2. The molecule has 2 aromatic rings. The van der Waals surface area contributed by atoms with Crippen molar-refractivity contribution >= 4 is 16.0 Å². The van der Waals surface area contributed by atoms with E-state index in [1.807, 2.05) is 30.3 Å². The Labute approximate surface area is 152 Å². The molecule has 8 heteroatoms. The summed E-state index contributed by atoms with van der Waals surface area (Å²) < 4.78 is 45.5. The van der Waals surface area contributed by atoms with E-state index in [2.05, 4.69) is 4.74 Å². The van der Waals surface area contributed by atoms with Gasteiger partial charge in [0.2, 0.25) is 10.0 Å². The fourth-order valence-corrected chi connectivity index (χ4v) is 3.94. The van der Waals surface area contributed by atoms with Gasteiger partial charge in [-0.05, 0) is 30.2 Å². The van der Waals surface area contributed by atoms with Crippen molar-refractivity contribution in [1.82, 2.24) is 4.31 Å². The van der Waals surface area contributed by atoms with E-state index in [1.54, 1.807) is 0 Å². The third-order valence-electron chi connectivity index (χ3n) is 3.85. The molecule has 140 valence electrons. The largest absolute Gasteiger partial charge is 0.465 e. The van der Waals surface area contributed by atoms with Crippen LogP contribution in [0.15, 0.2) is 53.4 Å². The van der Waals surface area contributed by atoms with Crippen LogP contribution in [0.25, 0.3) is 0 Å². The molecule has 0 unspecified atom stereocenters. The molecule has 0 aliphatic heterocycles. The van der Waals surface area contributed by atoms with Crippen molar-refractivity contribution in [2.45, 2.75) is 11.3 Å². The smallest absolute Gasteiger partial charge is 0.340 e. The first-order valence-electron chi connectivity index (χ1n) is 8.02. The van der Waals surface area contributed by atoms with E-state index in [4.69, 9.17) is 5.73 Å². The summed E-state index contributed by atoms with van der Waals surface area (Å²) in [7, 11) is -2.82. The van der Waals surface area contributed by atoms with Gasteiger partial charge in [-0.1, -0.05) is 30.3 Å². The Kier molecular flexibility index (Phi) is 6.84. The van der Waals surface area contributed by atoms with E-state index in [0.29, 0.717) is 6.42 Å². The SMILES string of the molecule is COC(=O)c1ccc(S(=O)(=O)N(CCN)CCc2ccccc2)cc1F. The highest BCUT2D eigenvalue weighted by Crippen LogP contribution is 2.20. The minimum Gasteiger partial charge on any atom is -0.465 e. The minimum absolute atomic E-state index is 0.107. The molecule has 0 spiro atoms. The van der Waals surface area contributed by atoms with Gasteiger partial charge in [-0.3, -0.25) is 0 Å². The minimum atomic E-state index is -3.94. The van der Waals surface area contributed by atoms with Crippen molar-refractivity contribution in [3.05, 3.63) is 65.5 Å². The van der Waals surface area contributed by atoms with Crippen molar-refractivity contribution < 1.29 is 22.3 Å². The van der Waals surface area contributed by atoms with Crippen LogP contribution in [0.1, 0.15) is 15.9 Å². The number of halogens is 1. The number of methoxy groups -OCH3 is 1. The zero-order valence-electron chi connectivity index (χ0n) is 14.4. The van der Waals surface area contributed by atoms with E-state index >= 15 is 0 Å². The maximum atomic E-state index is 14.1. The topological polar surface area (TPSA) is 89.7 Å². The molecule has 0 saturated heterocycles. The molecule has 0 radical (unpaired) electrons. The lowest BCUT2D eigenvalue weighted by atomic mass is 10.1. The standard InChI is InChI=1S/C18H21FN2O4S/c1-25-18(22)16-8-7-15(13-17(16)19)26(23,24)21(12-10-20)11-9-14-5-3-2-4-6-14/h2-8,13H,9-12,20H2,1H3. The van der Waals surface area contributed by atoms with Crippen LogP contribution in [0.4, 0.5) is 4.39 Å². The molecule has 26 heavy (non-hydrogen) atoms. The average molecular weight is 380 g/mol. The van der Waals surface area contributed by atoms with Gasteiger partial charge in [-0.15, -0.1) is 0 Å². The molecule has 2 rings (SSSR count). The quantitative estimate of drug-likeness (QED) is 0.706. The zero-order chi connectivity index (χ0) is 19.2. The average Bonchev–Trinajstić information content (AvgIpc) is 2.65. The van der Waals surface area contributed by atoms with Gasteiger partial charge in [0, 0.05) is 19.6 Å². The number of nitrogens with two attached hydrogens (primary N) is 1. The molecule has 0 heterocycles. The summed E-state index contributed by atoms with van der Waals surface area (Å²) in [5, 5.41) is 0. The molecule has 0 atom stereocenters. The van der Waals surface area contributed by atoms with Gasteiger partial charge in [0.15, 0.2) is 0 Å². The van der Waals surface area contributed by atoms with Crippen molar-refractivity contribution in [2.24, 2.45) is 5.73 Å². The number of hydrogen-bond donors (Lipinski definition) is 1. The number of nitrogens with zero attached hydrogens (tertiary/aromatic N) is 1. The van der Waals surface area contributed by atoms with Crippen molar-refractivity contribution in [3.63, 3.8) is 0 Å². The van der Waals surface area contributed by atoms with E-state index in [0.717, 1.165) is 24.8 Å². The summed E-state index contributed by atoms with van der Waals surface area (Å²) in [5.41, 5.74) is 6.21. The maximum absolute atomic E-state index is 14.1. The normalized spacial score (nSPS) is 11.5. The molecule has 2 N–H and O–H groups in total. The molecular weight excluding hydrogens is 359 g/mol. The summed E-state index contributed by atoms with van der Waals surface area (Å²) in [4.78, 5) is 11.2. The molecule has 0 aromatic heterocycles. The number of sulfonamides is 1. The lowest BCUT2D eigenvalue weighted by Crippen LogP contribution is -2.37. The molecule has 0 fully saturated rings. The second kappa shape index (κ2) is 8.88. The number of carbonyl (C=O) groups excluding carboxylic acids is 1. The van der Waals surface area contributed by atoms with Crippen molar-refractivity contribution in [3.8, 4) is 0 Å². The highest BCUT2D eigenvalue weighted by Gasteiger charge is 2.25. The Morgan fingerprint density at radius 1 is 1.15 bits per heavy atom. The lowest BCUT2D eigenvalue weighted by molar-refractivity contribution is 0.0595. The molecule has 0 saturated carbocycles. The first-order chi connectivity index (χ1) is 12.4. The third kappa shape index (κ3) is 4.66. The molecule has 0 amide bonds. The number of esters is 1. The van der Waals surface area contributed by atoms with Crippen LogP contribution in [0.2, 0.25) is 0 Å². The van der Waals surface area contributed by atoms with Crippen LogP contribution < -0.4 is 5.73 Å². The van der Waals surface area contributed by atoms with Gasteiger partial charge < -0.3 is 10.5 Å². The summed E-state index contributed by atoms with van der Waals surface area (Å²) in [6.45, 7) is 0.455. The summed E-state index contributed by atoms with van der Waals surface area (Å²) in [6, 6.07) is 12.5. The first kappa shape index (κ1) is 20.0. The van der Waals surface area contributed by atoms with Crippen LogP contribution >= 0.6 is 0 Å². The fraction of sp³-hybridized carbons (Fsp3) is 0.278. The van der Waals surface area contributed by atoms with E-state index < -0.39 is 21.8 Å². The van der Waals surface area contributed by atoms with Crippen molar-refractivity contribution in [1.29, 1.82) is 0 Å². The van der Waals surface area contributed by atoms with Crippen LogP contribution in [0.3, 0.4) is 0 Å². The molecule has 0 bridgehead atoms. The third-order valence-corrected chi connectivity index (χ3v) is 5.75. The van der Waals surface area contributed by atoms with Gasteiger partial charge in [0.25, 0.3) is 0 Å². The van der Waals surface area contributed by atoms with E-state index in [9.17, 15) is 17.6 Å². The predicted octanol–water partition coefficient (Wildman–Crippen LogP) is 1.80. The van der Waals surface area contributed by atoms with Gasteiger partial charge in [0.05, 0.1) is 17.6 Å². The van der Waals surface area contributed by atoms with Gasteiger partial charge >= 0.3 is 5.97 Å². The molecule has 0 aliphatic carbocycles. The predicted molar refractivity (Wildman–Crippen MR) is 95.7 cm³/mol. The Balaban J connectivity index is 2.26. The van der Waals surface area contributed by atoms with Gasteiger partial charge in [-0.2, -0.15) is 4.31 Å². The maximum Gasteiger partial charge on any atom is 0.340 e. The Morgan fingerprint density at radius 3 is 2.42 bits per heavy atom. The number of carbonyl (C=O) groups is 1. The Bertz CT molecular complexity index is 857. The number of benzene rings is 2. The zero-order valence-corrected chi connectivity index (χ0v) is 15.2. The first-order valence-corrected chi connectivity index (χ1v) is 9.46. The monoisotopic (exact) mass is 380 g/mol. The number of hydrogen-bond acceptors (Lipinski definition) is 5. The second-order valence-corrected chi connectivity index (χ2v) is 7.50. The van der Waals surface area contributed by atoms with Crippen LogP contribution in [-0.2, 0) is 21.2 Å². The summed E-state index contributed by atoms with van der Waals surface area (Å²) in [5.74, 6) is -1.82. The van der Waals surface area contributed by atoms with E-state index in [1.165, 1.54) is 10.4 Å². The molecular formula is C18H21FN2O4S. The van der Waals surface area contributed by atoms with E-state index in [-0.39, 0.29) is 30.1 Å². The van der Waals surface area contributed by atoms with Crippen LogP contribution in [0.5, 0.6) is 0 Å². The molecule has 0 aliphatic rings. The van der Waals surface area contributed by atoms with Crippen LogP contribution in [-0.4, -0.2) is 45.4 Å². The Morgan fingerprint density at radius 2 is 1.85 bits per heavy atom. The van der Waals surface area contributed by atoms with Gasteiger partial charge in [-0.25, -0.2) is 17.6 Å². The number of ether oxygens (including phenoxy) is 1. The lowest BCUT2D eigenvalue weighted by Gasteiger charge is -2.22. The Hall–Kier alpha value is -2.29. The highest BCUT2D eigenvalue weighted by molar-refractivity contribution is 7.89. The second-order valence-electron chi connectivity index (χ2n) is 5.56. The van der Waals surface area contributed by atoms with Crippen molar-refractivity contribution in [2.75, 3.05) is 26.7 Å². The molecule has 6 nitrogen and oxygen atoms in total. The number of rotatable bonds is 8. The van der Waals surface area contributed by atoms with Gasteiger partial charge in [0.1, 0.15) is 5.82 Å². The summed E-state index contributed by atoms with van der Waals surface area (Å²) in [6.07, 6.45) is 0.503.